The Balaban J connectivity index is 2.12. The number of hydrogen-bond donors (Lipinski definition) is 0. The van der Waals surface area contributed by atoms with Gasteiger partial charge in [0.2, 0.25) is 0 Å². The summed E-state index contributed by atoms with van der Waals surface area (Å²) in [4.78, 5) is 0. The first kappa shape index (κ1) is 9.68. The molecule has 1 aromatic rings. The van der Waals surface area contributed by atoms with Gasteiger partial charge in [-0.25, -0.2) is 0 Å². The summed E-state index contributed by atoms with van der Waals surface area (Å²) in [6.07, 6.45) is 10.1. The maximum atomic E-state index is 2.37. The topological polar surface area (TPSA) is 0 Å². The van der Waals surface area contributed by atoms with E-state index in [1.807, 2.05) is 0 Å². The van der Waals surface area contributed by atoms with Crippen LogP contribution in [0.3, 0.4) is 0 Å². The van der Waals surface area contributed by atoms with E-state index in [0.717, 1.165) is 5.66 Å². The molecule has 1 aliphatic carbocycles. The second-order valence-corrected chi connectivity index (χ2v) is 5.96. The van der Waals surface area contributed by atoms with Crippen LogP contribution in [0.5, 0.6) is 0 Å². The van der Waals surface area contributed by atoms with E-state index in [9.17, 15) is 0 Å². The van der Waals surface area contributed by atoms with Crippen LogP contribution in [0.2, 0.25) is 0 Å². The van der Waals surface area contributed by atoms with Gasteiger partial charge in [-0.1, -0.05) is 62.6 Å². The summed E-state index contributed by atoms with van der Waals surface area (Å²) in [5, 5.41) is 1.51. The summed E-state index contributed by atoms with van der Waals surface area (Å²) < 4.78 is 0. The van der Waals surface area contributed by atoms with Crippen LogP contribution in [-0.2, 0) is 0 Å². The van der Waals surface area contributed by atoms with E-state index in [0.29, 0.717) is 0 Å². The second-order valence-electron chi connectivity index (χ2n) is 3.56. The molecule has 0 nitrogen and oxygen atoms in total. The van der Waals surface area contributed by atoms with E-state index in [1.165, 1.54) is 11.7 Å². The summed E-state index contributed by atoms with van der Waals surface area (Å²) in [7, 11) is -0.0319. The fourth-order valence-electron chi connectivity index (χ4n) is 1.71. The molecular weight excluding hydrogens is 187 g/mol. The number of allylic oxidation sites excluding steroid dienone is 4. The van der Waals surface area contributed by atoms with E-state index < -0.39 is 0 Å². The fourth-order valence-corrected chi connectivity index (χ4v) is 3.53. The average molecular weight is 202 g/mol. The van der Waals surface area contributed by atoms with Gasteiger partial charge in [0.15, 0.2) is 0 Å². The van der Waals surface area contributed by atoms with Crippen molar-refractivity contribution in [2.45, 2.75) is 12.1 Å². The highest BCUT2D eigenvalue weighted by Crippen LogP contribution is 2.39. The Morgan fingerprint density at radius 3 is 2.57 bits per heavy atom. The Kier molecular flexibility index (Phi) is 3.16. The van der Waals surface area contributed by atoms with Crippen LogP contribution in [0.15, 0.2) is 54.6 Å². The van der Waals surface area contributed by atoms with Crippen LogP contribution in [-0.4, -0.2) is 12.3 Å². The van der Waals surface area contributed by atoms with Gasteiger partial charge in [-0.3, -0.25) is 0 Å². The van der Waals surface area contributed by atoms with Gasteiger partial charge < -0.3 is 0 Å². The molecular formula is C13H15P. The van der Waals surface area contributed by atoms with Crippen molar-refractivity contribution in [2.75, 3.05) is 6.66 Å². The first-order valence-corrected chi connectivity index (χ1v) is 6.85. The Hall–Kier alpha value is -0.870. The largest absolute Gasteiger partial charge is 0.0836 e. The van der Waals surface area contributed by atoms with Gasteiger partial charge in [-0.15, -0.1) is 0 Å². The molecule has 0 N–H and O–H groups in total. The van der Waals surface area contributed by atoms with Crippen molar-refractivity contribution in [3.8, 4) is 0 Å². The maximum Gasteiger partial charge on any atom is 0.00458 e. The molecule has 1 unspecified atom stereocenters. The second kappa shape index (κ2) is 4.57. The smallest absolute Gasteiger partial charge is 0.00458 e. The third kappa shape index (κ3) is 2.13. The molecule has 2 atom stereocenters. The zero-order valence-electron chi connectivity index (χ0n) is 8.43. The molecule has 0 saturated carbocycles. The van der Waals surface area contributed by atoms with E-state index >= 15 is 0 Å². The summed E-state index contributed by atoms with van der Waals surface area (Å²) in [5.41, 5.74) is 0.734. The monoisotopic (exact) mass is 202 g/mol. The van der Waals surface area contributed by atoms with Gasteiger partial charge in [0.1, 0.15) is 0 Å². The summed E-state index contributed by atoms with van der Waals surface area (Å²) in [5.74, 6) is 0. The van der Waals surface area contributed by atoms with Gasteiger partial charge in [-0.2, -0.15) is 0 Å². The van der Waals surface area contributed by atoms with Gasteiger partial charge in [0.25, 0.3) is 0 Å². The molecule has 0 heterocycles. The number of hydrogen-bond acceptors (Lipinski definition) is 0. The molecule has 1 aromatic carbocycles. The molecule has 2 rings (SSSR count). The minimum Gasteiger partial charge on any atom is -0.0836 e. The maximum absolute atomic E-state index is 2.37. The number of rotatable bonds is 2. The highest BCUT2D eigenvalue weighted by atomic mass is 31.1. The van der Waals surface area contributed by atoms with Crippen molar-refractivity contribution >= 4 is 13.2 Å². The van der Waals surface area contributed by atoms with Crippen LogP contribution in [0, 0.1) is 0 Å². The van der Waals surface area contributed by atoms with Gasteiger partial charge in [0.05, 0.1) is 0 Å². The predicted molar refractivity (Wildman–Crippen MR) is 65.6 cm³/mol. The minimum absolute atomic E-state index is 0.0319. The Bertz CT molecular complexity index is 338. The lowest BCUT2D eigenvalue weighted by molar-refractivity contribution is 1.05. The van der Waals surface area contributed by atoms with Crippen molar-refractivity contribution in [1.82, 2.24) is 0 Å². The first-order valence-electron chi connectivity index (χ1n) is 4.99. The van der Waals surface area contributed by atoms with Crippen LogP contribution >= 0.6 is 7.92 Å². The van der Waals surface area contributed by atoms with Gasteiger partial charge in [-0.05, 0) is 18.4 Å². The molecule has 0 radical (unpaired) electrons. The normalized spacial score (nSPS) is 22.2. The lowest BCUT2D eigenvalue weighted by Gasteiger charge is -2.22. The lowest BCUT2D eigenvalue weighted by atomic mass is 10.2. The molecule has 0 saturated heterocycles. The van der Waals surface area contributed by atoms with E-state index in [4.69, 9.17) is 0 Å². The minimum atomic E-state index is -0.0319. The lowest BCUT2D eigenvalue weighted by Crippen LogP contribution is -2.11. The van der Waals surface area contributed by atoms with E-state index in [1.54, 1.807) is 0 Å². The zero-order chi connectivity index (χ0) is 9.80. The zero-order valence-corrected chi connectivity index (χ0v) is 9.32. The molecule has 0 spiro atoms. The van der Waals surface area contributed by atoms with Crippen molar-refractivity contribution in [1.29, 1.82) is 0 Å². The van der Waals surface area contributed by atoms with Gasteiger partial charge >= 0.3 is 0 Å². The Labute approximate surface area is 87.1 Å². The van der Waals surface area contributed by atoms with Crippen LogP contribution in [0.1, 0.15) is 6.42 Å². The summed E-state index contributed by atoms with van der Waals surface area (Å²) >= 11 is 0. The highest BCUT2D eigenvalue weighted by molar-refractivity contribution is 7.65. The molecule has 72 valence electrons. The third-order valence-corrected chi connectivity index (χ3v) is 5.11. The van der Waals surface area contributed by atoms with Crippen molar-refractivity contribution in [3.63, 3.8) is 0 Å². The Morgan fingerprint density at radius 2 is 1.93 bits per heavy atom. The molecule has 0 bridgehead atoms. The van der Waals surface area contributed by atoms with E-state index in [2.05, 4.69) is 61.3 Å². The molecule has 0 amide bonds. The van der Waals surface area contributed by atoms with Gasteiger partial charge in [0, 0.05) is 5.66 Å². The van der Waals surface area contributed by atoms with Crippen LogP contribution in [0.25, 0.3) is 0 Å². The van der Waals surface area contributed by atoms with Crippen molar-refractivity contribution < 1.29 is 0 Å². The molecule has 0 aliphatic heterocycles. The number of benzene rings is 1. The van der Waals surface area contributed by atoms with Crippen molar-refractivity contribution in [2.24, 2.45) is 0 Å². The van der Waals surface area contributed by atoms with Crippen LogP contribution in [0.4, 0.5) is 0 Å². The van der Waals surface area contributed by atoms with Crippen LogP contribution < -0.4 is 5.30 Å². The summed E-state index contributed by atoms with van der Waals surface area (Å²) in [6, 6.07) is 10.9. The Morgan fingerprint density at radius 1 is 1.14 bits per heavy atom. The fraction of sp³-hybridized carbons (Fsp3) is 0.231. The highest BCUT2D eigenvalue weighted by Gasteiger charge is 2.14. The predicted octanol–water partition coefficient (Wildman–Crippen LogP) is 3.31. The molecule has 1 heteroatoms. The molecule has 14 heavy (non-hydrogen) atoms. The van der Waals surface area contributed by atoms with E-state index in [-0.39, 0.29) is 7.92 Å². The quantitative estimate of drug-likeness (QED) is 0.645. The molecule has 0 fully saturated rings. The summed E-state index contributed by atoms with van der Waals surface area (Å²) in [6.45, 7) is 2.37. The first-order chi connectivity index (χ1) is 6.88. The average Bonchev–Trinajstić information content (AvgIpc) is 2.30. The van der Waals surface area contributed by atoms with Crippen molar-refractivity contribution in [3.05, 3.63) is 54.6 Å². The third-order valence-electron chi connectivity index (χ3n) is 2.62. The molecule has 0 aromatic heterocycles. The standard InChI is InChI=1S/C13H15P/c1-14(12-8-4-2-5-9-12)13-10-6-3-7-11-13/h2-10,13H,11H2,1H3/t13-,14?/m1/s1. The molecule has 1 aliphatic rings. The SMILES string of the molecule is CP(c1ccccc1)[C@@H]1C=CC=CC1.